The Labute approximate surface area is 177 Å². The summed E-state index contributed by atoms with van der Waals surface area (Å²) in [6.45, 7) is 0.111. The van der Waals surface area contributed by atoms with E-state index in [9.17, 15) is 9.18 Å². The predicted molar refractivity (Wildman–Crippen MR) is 114 cm³/mol. The van der Waals surface area contributed by atoms with E-state index in [-0.39, 0.29) is 18.3 Å². The van der Waals surface area contributed by atoms with E-state index in [0.717, 1.165) is 5.56 Å². The number of halogens is 3. The lowest BCUT2D eigenvalue weighted by molar-refractivity contribution is -0.121. The molecular weight excluding hydrogens is 499 g/mol. The molecule has 0 atom stereocenters. The Morgan fingerprint density at radius 1 is 1.26 bits per heavy atom. The molecule has 0 unspecified atom stereocenters. The number of hydrogen-bond donors (Lipinski definition) is 0. The minimum absolute atomic E-state index is 0.0901. The second kappa shape index (κ2) is 8.58. The third-order valence-corrected chi connectivity index (χ3v) is 6.17. The Bertz CT molecular complexity index is 939. The number of thioether (sulfide) groups is 1. The number of carbonyl (C=O) groups excluding carboxylic acids is 1. The van der Waals surface area contributed by atoms with Crippen molar-refractivity contribution in [2.75, 3.05) is 14.1 Å². The molecule has 0 aromatic heterocycles. The molecule has 0 spiro atoms. The number of amidine groups is 1. The van der Waals surface area contributed by atoms with Crippen molar-refractivity contribution in [1.29, 1.82) is 0 Å². The minimum atomic E-state index is -0.305. The molecule has 0 radical (unpaired) electrons. The molecule has 0 N–H and O–H groups in total. The van der Waals surface area contributed by atoms with E-state index in [2.05, 4.69) is 36.9 Å². The Morgan fingerprint density at radius 2 is 1.93 bits per heavy atom. The van der Waals surface area contributed by atoms with Crippen molar-refractivity contribution in [3.8, 4) is 5.75 Å². The molecule has 1 fully saturated rings. The predicted octanol–water partition coefficient (Wildman–Crippen LogP) is 5.46. The molecule has 0 saturated carbocycles. The van der Waals surface area contributed by atoms with Gasteiger partial charge in [-0.05, 0) is 73.5 Å². The number of likely N-dealkylation sites (N-methyl/N-ethyl adjacent to an activating group) is 1. The lowest BCUT2D eigenvalue weighted by Gasteiger charge is -2.12. The van der Waals surface area contributed by atoms with Gasteiger partial charge >= 0.3 is 0 Å². The topological polar surface area (TPSA) is 41.9 Å². The largest absolute Gasteiger partial charge is 0.486 e. The van der Waals surface area contributed by atoms with Gasteiger partial charge in [0.05, 0.1) is 13.9 Å². The molecule has 1 heterocycles. The van der Waals surface area contributed by atoms with Gasteiger partial charge in [0, 0.05) is 19.7 Å². The molecule has 8 heteroatoms. The number of carbonyl (C=O) groups is 1. The highest BCUT2D eigenvalue weighted by Gasteiger charge is 2.29. The number of ether oxygens (including phenoxy) is 1. The van der Waals surface area contributed by atoms with Crippen molar-refractivity contribution in [3.05, 3.63) is 67.2 Å². The summed E-state index contributed by atoms with van der Waals surface area (Å²) in [5.74, 6) is 0.173. The Hall–Kier alpha value is -1.64. The first-order valence-corrected chi connectivity index (χ1v) is 10.3. The number of hydrogen-bond acceptors (Lipinski definition) is 4. The van der Waals surface area contributed by atoms with E-state index in [0.29, 0.717) is 30.3 Å². The summed E-state index contributed by atoms with van der Waals surface area (Å²) in [4.78, 5) is 18.5. The summed E-state index contributed by atoms with van der Waals surface area (Å²) < 4.78 is 20.9. The highest BCUT2D eigenvalue weighted by atomic mass is 79.9. The highest BCUT2D eigenvalue weighted by Crippen LogP contribution is 2.38. The van der Waals surface area contributed by atoms with Crippen LogP contribution in [0, 0.1) is 5.82 Å². The number of rotatable bonds is 4. The van der Waals surface area contributed by atoms with Crippen LogP contribution >= 0.6 is 43.6 Å². The van der Waals surface area contributed by atoms with Crippen LogP contribution in [0.4, 0.5) is 4.39 Å². The molecule has 2 aromatic carbocycles. The molecule has 1 saturated heterocycles. The molecule has 1 amide bonds. The van der Waals surface area contributed by atoms with Crippen molar-refractivity contribution < 1.29 is 13.9 Å². The molecule has 4 nitrogen and oxygen atoms in total. The highest BCUT2D eigenvalue weighted by molar-refractivity contribution is 9.11. The maximum atomic E-state index is 13.8. The summed E-state index contributed by atoms with van der Waals surface area (Å²) in [5.41, 5.74) is 1.30. The first kappa shape index (κ1) is 20.1. The number of benzene rings is 2. The zero-order valence-corrected chi connectivity index (χ0v) is 18.5. The molecule has 1 aliphatic heterocycles. The van der Waals surface area contributed by atoms with Gasteiger partial charge in [-0.15, -0.1) is 0 Å². The molecule has 27 heavy (non-hydrogen) atoms. The zero-order valence-electron chi connectivity index (χ0n) is 14.5. The van der Waals surface area contributed by atoms with Gasteiger partial charge in [0.15, 0.2) is 5.17 Å². The number of amides is 1. The van der Waals surface area contributed by atoms with E-state index in [4.69, 9.17) is 4.74 Å². The smallest absolute Gasteiger partial charge is 0.266 e. The normalized spacial score (nSPS) is 17.2. The van der Waals surface area contributed by atoms with Crippen molar-refractivity contribution >= 4 is 60.8 Å². The standard InChI is InChI=1S/C19H15Br2FN2O2S/c1-23-19-24(2)18(25)16(27-19)9-11-7-13(20)17(14(21)8-11)26-10-12-5-3-4-6-15(12)22/h3-9H,10H2,1-2H3/b16-9+,23-19?. The Balaban J connectivity index is 1.82. The number of aliphatic imine (C=N–C) groups is 1. The van der Waals surface area contributed by atoms with Crippen molar-refractivity contribution in [2.45, 2.75) is 6.61 Å². The summed E-state index contributed by atoms with van der Waals surface area (Å²) in [6.07, 6.45) is 1.80. The van der Waals surface area contributed by atoms with Gasteiger partial charge in [0.1, 0.15) is 18.2 Å². The lowest BCUT2D eigenvalue weighted by Crippen LogP contribution is -2.23. The van der Waals surface area contributed by atoms with Crippen molar-refractivity contribution in [2.24, 2.45) is 4.99 Å². The molecule has 140 valence electrons. The first-order chi connectivity index (χ1) is 12.9. The van der Waals surface area contributed by atoms with Crippen LogP contribution in [0.25, 0.3) is 6.08 Å². The van der Waals surface area contributed by atoms with Gasteiger partial charge in [-0.2, -0.15) is 0 Å². The maximum absolute atomic E-state index is 13.8. The third kappa shape index (κ3) is 4.44. The Kier molecular flexibility index (Phi) is 6.39. The van der Waals surface area contributed by atoms with E-state index >= 15 is 0 Å². The molecule has 0 bridgehead atoms. The fourth-order valence-electron chi connectivity index (χ4n) is 2.47. The van der Waals surface area contributed by atoms with Crippen LogP contribution in [0.2, 0.25) is 0 Å². The minimum Gasteiger partial charge on any atom is -0.486 e. The quantitative estimate of drug-likeness (QED) is 0.509. The van der Waals surface area contributed by atoms with E-state index in [1.807, 2.05) is 12.1 Å². The first-order valence-electron chi connectivity index (χ1n) is 7.90. The molecule has 2 aromatic rings. The van der Waals surface area contributed by atoms with Crippen LogP contribution in [0.3, 0.4) is 0 Å². The van der Waals surface area contributed by atoms with Gasteiger partial charge in [-0.1, -0.05) is 18.2 Å². The fourth-order valence-corrected chi connectivity index (χ4v) is 4.84. The molecule has 1 aliphatic rings. The van der Waals surface area contributed by atoms with E-state index in [1.165, 1.54) is 22.7 Å². The Morgan fingerprint density at radius 3 is 2.52 bits per heavy atom. The van der Waals surface area contributed by atoms with Gasteiger partial charge < -0.3 is 4.74 Å². The summed E-state index contributed by atoms with van der Waals surface area (Å²) in [5, 5.41) is 0.661. The SMILES string of the molecule is CN=C1S/C(=C/c2cc(Br)c(OCc3ccccc3F)c(Br)c2)C(=O)N1C. The van der Waals surface area contributed by atoms with Crippen LogP contribution < -0.4 is 4.74 Å². The van der Waals surface area contributed by atoms with Crippen LogP contribution in [0.1, 0.15) is 11.1 Å². The summed E-state index contributed by atoms with van der Waals surface area (Å²) in [6, 6.07) is 10.2. The van der Waals surface area contributed by atoms with Gasteiger partial charge in [0.2, 0.25) is 0 Å². The van der Waals surface area contributed by atoms with Crippen LogP contribution in [-0.4, -0.2) is 30.1 Å². The summed E-state index contributed by atoms with van der Waals surface area (Å²) in [7, 11) is 3.36. The maximum Gasteiger partial charge on any atom is 0.266 e. The summed E-state index contributed by atoms with van der Waals surface area (Å²) >= 11 is 8.31. The zero-order chi connectivity index (χ0) is 19.6. The lowest BCUT2D eigenvalue weighted by atomic mass is 10.2. The second-order valence-electron chi connectivity index (χ2n) is 5.67. The fraction of sp³-hybridized carbons (Fsp3) is 0.158. The van der Waals surface area contributed by atoms with Gasteiger partial charge in [-0.25, -0.2) is 4.39 Å². The third-order valence-electron chi connectivity index (χ3n) is 3.84. The monoisotopic (exact) mass is 512 g/mol. The molecule has 3 rings (SSSR count). The molecule has 0 aliphatic carbocycles. The second-order valence-corrected chi connectivity index (χ2v) is 8.39. The molecular formula is C19H15Br2FN2O2S. The van der Waals surface area contributed by atoms with Crippen molar-refractivity contribution in [1.82, 2.24) is 4.90 Å². The van der Waals surface area contributed by atoms with Gasteiger partial charge in [0.25, 0.3) is 5.91 Å². The average molecular weight is 514 g/mol. The van der Waals surface area contributed by atoms with E-state index < -0.39 is 0 Å². The van der Waals surface area contributed by atoms with Crippen LogP contribution in [-0.2, 0) is 11.4 Å². The van der Waals surface area contributed by atoms with Crippen LogP contribution in [0.15, 0.2) is 55.2 Å². The number of nitrogens with zero attached hydrogens (tertiary/aromatic N) is 2. The van der Waals surface area contributed by atoms with Gasteiger partial charge in [-0.3, -0.25) is 14.7 Å². The van der Waals surface area contributed by atoms with Crippen molar-refractivity contribution in [3.63, 3.8) is 0 Å². The van der Waals surface area contributed by atoms with Crippen LogP contribution in [0.5, 0.6) is 5.75 Å². The average Bonchev–Trinajstić information content (AvgIpc) is 2.90. The van der Waals surface area contributed by atoms with E-state index in [1.54, 1.807) is 38.4 Å².